The van der Waals surface area contributed by atoms with E-state index in [-0.39, 0.29) is 0 Å². The van der Waals surface area contributed by atoms with Crippen molar-refractivity contribution < 1.29 is 9.15 Å². The standard InChI is InChI=1S/C17H24N2O2/c1-13(8-15-6-4-5-7-17(15)20-3)19(2)11-16-9-14(10-18)12-21-16/h4-7,9,12-13H,8,10-11,18H2,1-3H3. The van der Waals surface area contributed by atoms with Gasteiger partial charge < -0.3 is 14.9 Å². The number of hydrogen-bond donors (Lipinski definition) is 1. The van der Waals surface area contributed by atoms with Crippen molar-refractivity contribution in [3.05, 3.63) is 53.5 Å². The fourth-order valence-electron chi connectivity index (χ4n) is 2.36. The Morgan fingerprint density at radius 3 is 2.76 bits per heavy atom. The summed E-state index contributed by atoms with van der Waals surface area (Å²) in [5.74, 6) is 1.89. The van der Waals surface area contributed by atoms with E-state index in [2.05, 4.69) is 24.9 Å². The summed E-state index contributed by atoms with van der Waals surface area (Å²) in [5.41, 5.74) is 7.86. The third kappa shape index (κ3) is 4.09. The van der Waals surface area contributed by atoms with Crippen molar-refractivity contribution >= 4 is 0 Å². The monoisotopic (exact) mass is 288 g/mol. The molecule has 0 bridgehead atoms. The lowest BCUT2D eigenvalue weighted by Crippen LogP contribution is -2.30. The maximum absolute atomic E-state index is 5.60. The fraction of sp³-hybridized carbons (Fsp3) is 0.412. The first kappa shape index (κ1) is 15.6. The molecule has 2 aromatic rings. The lowest BCUT2D eigenvalue weighted by molar-refractivity contribution is 0.227. The highest BCUT2D eigenvalue weighted by atomic mass is 16.5. The van der Waals surface area contributed by atoms with Gasteiger partial charge in [-0.15, -0.1) is 0 Å². The summed E-state index contributed by atoms with van der Waals surface area (Å²) in [6.07, 6.45) is 2.67. The van der Waals surface area contributed by atoms with Crippen molar-refractivity contribution in [3.63, 3.8) is 0 Å². The number of nitrogens with zero attached hydrogens (tertiary/aromatic N) is 1. The molecule has 1 heterocycles. The third-order valence-corrected chi connectivity index (χ3v) is 3.81. The first-order valence-electron chi connectivity index (χ1n) is 7.22. The molecule has 2 rings (SSSR count). The number of para-hydroxylation sites is 1. The maximum Gasteiger partial charge on any atom is 0.122 e. The molecule has 1 unspecified atom stereocenters. The van der Waals surface area contributed by atoms with Crippen molar-refractivity contribution in [2.75, 3.05) is 14.2 Å². The van der Waals surface area contributed by atoms with Gasteiger partial charge in [0.25, 0.3) is 0 Å². The zero-order valence-electron chi connectivity index (χ0n) is 13.0. The number of ether oxygens (including phenoxy) is 1. The fourth-order valence-corrected chi connectivity index (χ4v) is 2.36. The first-order valence-corrected chi connectivity index (χ1v) is 7.22. The normalized spacial score (nSPS) is 12.6. The second kappa shape index (κ2) is 7.29. The van der Waals surface area contributed by atoms with E-state index in [4.69, 9.17) is 14.9 Å². The molecule has 2 N–H and O–H groups in total. The van der Waals surface area contributed by atoms with E-state index in [1.165, 1.54) is 5.56 Å². The van der Waals surface area contributed by atoms with E-state index in [0.29, 0.717) is 12.6 Å². The van der Waals surface area contributed by atoms with Crippen LogP contribution in [0.3, 0.4) is 0 Å². The van der Waals surface area contributed by atoms with Gasteiger partial charge in [0, 0.05) is 18.2 Å². The minimum absolute atomic E-state index is 0.382. The largest absolute Gasteiger partial charge is 0.496 e. The number of hydrogen-bond acceptors (Lipinski definition) is 4. The van der Waals surface area contributed by atoms with Crippen LogP contribution < -0.4 is 10.5 Å². The smallest absolute Gasteiger partial charge is 0.122 e. The molecule has 0 spiro atoms. The second-order valence-electron chi connectivity index (χ2n) is 5.41. The van der Waals surface area contributed by atoms with Crippen LogP contribution in [0.2, 0.25) is 0 Å². The summed E-state index contributed by atoms with van der Waals surface area (Å²) in [6.45, 7) is 3.50. The Morgan fingerprint density at radius 1 is 1.33 bits per heavy atom. The van der Waals surface area contributed by atoms with E-state index in [0.717, 1.165) is 30.0 Å². The van der Waals surface area contributed by atoms with Crippen LogP contribution in [0, 0.1) is 0 Å². The zero-order chi connectivity index (χ0) is 15.2. The van der Waals surface area contributed by atoms with Gasteiger partial charge in [0.1, 0.15) is 11.5 Å². The van der Waals surface area contributed by atoms with Gasteiger partial charge >= 0.3 is 0 Å². The number of likely N-dealkylation sites (N-methyl/N-ethyl adjacent to an activating group) is 1. The lowest BCUT2D eigenvalue weighted by Gasteiger charge is -2.24. The Kier molecular flexibility index (Phi) is 5.42. The molecule has 0 aliphatic heterocycles. The third-order valence-electron chi connectivity index (χ3n) is 3.81. The highest BCUT2D eigenvalue weighted by molar-refractivity contribution is 5.33. The summed E-state index contributed by atoms with van der Waals surface area (Å²) in [4.78, 5) is 2.27. The average Bonchev–Trinajstić information content (AvgIpc) is 2.95. The van der Waals surface area contributed by atoms with E-state index in [9.17, 15) is 0 Å². The van der Waals surface area contributed by atoms with Crippen molar-refractivity contribution in [1.82, 2.24) is 4.90 Å². The van der Waals surface area contributed by atoms with Crippen LogP contribution in [0.5, 0.6) is 5.75 Å². The summed E-state index contributed by atoms with van der Waals surface area (Å²) in [5, 5.41) is 0. The van der Waals surface area contributed by atoms with Gasteiger partial charge in [-0.25, -0.2) is 0 Å². The molecule has 4 heteroatoms. The predicted octanol–water partition coefficient (Wildman–Crippen LogP) is 2.81. The molecule has 114 valence electrons. The molecule has 0 fully saturated rings. The molecular formula is C17H24N2O2. The highest BCUT2D eigenvalue weighted by Gasteiger charge is 2.14. The van der Waals surface area contributed by atoms with Gasteiger partial charge in [0.2, 0.25) is 0 Å². The summed E-state index contributed by atoms with van der Waals surface area (Å²) in [7, 11) is 3.81. The highest BCUT2D eigenvalue weighted by Crippen LogP contribution is 2.21. The molecule has 21 heavy (non-hydrogen) atoms. The molecule has 0 aliphatic carbocycles. The molecule has 1 aromatic carbocycles. The van der Waals surface area contributed by atoms with Crippen LogP contribution in [0.15, 0.2) is 41.0 Å². The van der Waals surface area contributed by atoms with E-state index in [1.54, 1.807) is 13.4 Å². The molecular weight excluding hydrogens is 264 g/mol. The quantitative estimate of drug-likeness (QED) is 0.851. The molecule has 0 saturated carbocycles. The lowest BCUT2D eigenvalue weighted by atomic mass is 10.1. The SMILES string of the molecule is COc1ccccc1CC(C)N(C)Cc1cc(CN)co1. The Bertz CT molecular complexity index is 565. The second-order valence-corrected chi connectivity index (χ2v) is 5.41. The van der Waals surface area contributed by atoms with Crippen LogP contribution >= 0.6 is 0 Å². The van der Waals surface area contributed by atoms with E-state index in [1.807, 2.05) is 24.3 Å². The van der Waals surface area contributed by atoms with Gasteiger partial charge in [-0.2, -0.15) is 0 Å². The molecule has 0 radical (unpaired) electrons. The molecule has 0 saturated heterocycles. The van der Waals surface area contributed by atoms with Crippen molar-refractivity contribution in [3.8, 4) is 5.75 Å². The number of rotatable bonds is 7. The Hall–Kier alpha value is -1.78. The number of nitrogens with two attached hydrogens (primary N) is 1. The van der Waals surface area contributed by atoms with Gasteiger partial charge in [-0.05, 0) is 38.1 Å². The van der Waals surface area contributed by atoms with Gasteiger partial charge in [-0.1, -0.05) is 18.2 Å². The van der Waals surface area contributed by atoms with Crippen LogP contribution in [0.4, 0.5) is 0 Å². The number of benzene rings is 1. The van der Waals surface area contributed by atoms with Crippen LogP contribution in [-0.4, -0.2) is 25.1 Å². The van der Waals surface area contributed by atoms with Crippen LogP contribution in [0.1, 0.15) is 23.8 Å². The van der Waals surface area contributed by atoms with E-state index >= 15 is 0 Å². The van der Waals surface area contributed by atoms with E-state index < -0.39 is 0 Å². The average molecular weight is 288 g/mol. The summed E-state index contributed by atoms with van der Waals surface area (Å²) < 4.78 is 10.9. The molecule has 4 nitrogen and oxygen atoms in total. The number of furan rings is 1. The topological polar surface area (TPSA) is 51.6 Å². The first-order chi connectivity index (χ1) is 10.1. The molecule has 0 amide bonds. The minimum atomic E-state index is 0.382. The molecule has 1 aromatic heterocycles. The van der Waals surface area contributed by atoms with Crippen LogP contribution in [0.25, 0.3) is 0 Å². The molecule has 1 atom stereocenters. The Balaban J connectivity index is 1.97. The van der Waals surface area contributed by atoms with Gasteiger partial charge in [0.05, 0.1) is 19.9 Å². The van der Waals surface area contributed by atoms with Crippen LogP contribution in [-0.2, 0) is 19.5 Å². The van der Waals surface area contributed by atoms with Crippen molar-refractivity contribution in [2.24, 2.45) is 5.73 Å². The number of methoxy groups -OCH3 is 1. The molecule has 0 aliphatic rings. The minimum Gasteiger partial charge on any atom is -0.496 e. The summed E-state index contributed by atoms with van der Waals surface area (Å²) >= 11 is 0. The van der Waals surface area contributed by atoms with Crippen molar-refractivity contribution in [2.45, 2.75) is 32.5 Å². The predicted molar refractivity (Wildman–Crippen MR) is 84.2 cm³/mol. The Morgan fingerprint density at radius 2 is 2.10 bits per heavy atom. The maximum atomic E-state index is 5.60. The van der Waals surface area contributed by atoms with Crippen molar-refractivity contribution in [1.29, 1.82) is 0 Å². The Labute approximate surface area is 126 Å². The zero-order valence-corrected chi connectivity index (χ0v) is 13.0. The van der Waals surface area contributed by atoms with Gasteiger partial charge in [0.15, 0.2) is 0 Å². The summed E-state index contributed by atoms with van der Waals surface area (Å²) in [6, 6.07) is 10.6. The van der Waals surface area contributed by atoms with Gasteiger partial charge in [-0.3, -0.25) is 4.90 Å².